The van der Waals surface area contributed by atoms with Gasteiger partial charge < -0.3 is 19.3 Å². The van der Waals surface area contributed by atoms with Crippen LogP contribution in [-0.4, -0.2) is 37.4 Å². The predicted octanol–water partition coefficient (Wildman–Crippen LogP) is 6.55. The molecule has 1 aliphatic carbocycles. The predicted molar refractivity (Wildman–Crippen MR) is 149 cm³/mol. The van der Waals surface area contributed by atoms with Crippen LogP contribution >= 0.6 is 0 Å². The monoisotopic (exact) mass is 520 g/mol. The molecule has 6 heteroatoms. The van der Waals surface area contributed by atoms with Gasteiger partial charge in [-0.1, -0.05) is 52.0 Å². The highest BCUT2D eigenvalue weighted by Crippen LogP contribution is 2.42. The molecule has 3 rings (SSSR count). The number of benzene rings is 2. The number of aryl methyl sites for hydroxylation is 1. The van der Waals surface area contributed by atoms with Crippen LogP contribution < -0.4 is 9.47 Å². The van der Waals surface area contributed by atoms with Crippen molar-refractivity contribution >= 4 is 11.9 Å². The molecule has 0 atom stereocenters. The van der Waals surface area contributed by atoms with Gasteiger partial charge in [-0.2, -0.15) is 0 Å². The first-order chi connectivity index (χ1) is 18.3. The number of hydrogen-bond donors (Lipinski definition) is 1. The Morgan fingerprint density at radius 3 is 2.11 bits per heavy atom. The Balaban J connectivity index is 1.93. The zero-order chi connectivity index (χ0) is 27.7. The molecule has 0 amide bonds. The number of methoxy groups -OCH3 is 1. The Labute approximate surface area is 226 Å². The van der Waals surface area contributed by atoms with Crippen LogP contribution in [0.5, 0.6) is 11.5 Å². The van der Waals surface area contributed by atoms with E-state index in [9.17, 15) is 9.59 Å². The van der Waals surface area contributed by atoms with E-state index < -0.39 is 18.5 Å². The van der Waals surface area contributed by atoms with Crippen molar-refractivity contribution in [1.29, 1.82) is 0 Å². The standard InChI is InChI=1S/C32H40O6/c1-6-8-23-9-11-25(12-10-23)28-18-27(14-16-30(28)38-32(35)22(4)20-36-5)26-13-15-29(24(7-2)17-26)37-31(34)21(3)19-33/h13-18,23,25,33H,3-4,6-12,19-20H2,1-2,5H3. The van der Waals surface area contributed by atoms with Gasteiger partial charge in [0, 0.05) is 7.11 Å². The maximum Gasteiger partial charge on any atom is 0.341 e. The molecule has 0 spiro atoms. The maximum atomic E-state index is 12.6. The van der Waals surface area contributed by atoms with Gasteiger partial charge in [0.15, 0.2) is 0 Å². The van der Waals surface area contributed by atoms with Crippen molar-refractivity contribution in [2.24, 2.45) is 5.92 Å². The molecule has 2 aromatic carbocycles. The summed E-state index contributed by atoms with van der Waals surface area (Å²) in [6.07, 6.45) is 7.58. The summed E-state index contributed by atoms with van der Waals surface area (Å²) < 4.78 is 16.3. The minimum atomic E-state index is -0.642. The third-order valence-corrected chi connectivity index (χ3v) is 7.26. The molecule has 0 aliphatic heterocycles. The van der Waals surface area contributed by atoms with E-state index in [1.165, 1.54) is 32.8 Å². The van der Waals surface area contributed by atoms with Crippen LogP contribution in [0, 0.1) is 5.92 Å². The highest BCUT2D eigenvalue weighted by molar-refractivity contribution is 5.90. The summed E-state index contributed by atoms with van der Waals surface area (Å²) in [6, 6.07) is 11.6. The second kappa shape index (κ2) is 14.1. The Bertz CT molecular complexity index is 1160. The zero-order valence-electron chi connectivity index (χ0n) is 22.9. The van der Waals surface area contributed by atoms with Crippen molar-refractivity contribution in [3.8, 4) is 22.6 Å². The molecule has 0 saturated heterocycles. The van der Waals surface area contributed by atoms with E-state index in [-0.39, 0.29) is 17.8 Å². The van der Waals surface area contributed by atoms with Gasteiger partial charge in [-0.05, 0) is 90.5 Å². The first-order valence-corrected chi connectivity index (χ1v) is 13.5. The molecule has 6 nitrogen and oxygen atoms in total. The van der Waals surface area contributed by atoms with E-state index in [0.717, 1.165) is 41.0 Å². The number of ether oxygens (including phenoxy) is 3. The largest absolute Gasteiger partial charge is 0.423 e. The Hall–Kier alpha value is -3.22. The number of aliphatic hydroxyl groups is 1. The lowest BCUT2D eigenvalue weighted by molar-refractivity contribution is -0.131. The summed E-state index contributed by atoms with van der Waals surface area (Å²) in [5, 5.41) is 9.17. The number of carbonyl (C=O) groups excluding carboxylic acids is 2. The third kappa shape index (κ3) is 7.42. The first kappa shape index (κ1) is 29.3. The lowest BCUT2D eigenvalue weighted by Crippen LogP contribution is -2.17. The number of hydrogen-bond acceptors (Lipinski definition) is 6. The zero-order valence-corrected chi connectivity index (χ0v) is 22.9. The number of rotatable bonds is 12. The van der Waals surface area contributed by atoms with Gasteiger partial charge in [0.05, 0.1) is 24.4 Å². The maximum absolute atomic E-state index is 12.6. The minimum absolute atomic E-state index is 0.00717. The minimum Gasteiger partial charge on any atom is -0.423 e. The van der Waals surface area contributed by atoms with E-state index >= 15 is 0 Å². The van der Waals surface area contributed by atoms with Crippen LogP contribution in [0.2, 0.25) is 0 Å². The number of aliphatic hydroxyl groups excluding tert-OH is 1. The van der Waals surface area contributed by atoms with Gasteiger partial charge in [-0.25, -0.2) is 9.59 Å². The highest BCUT2D eigenvalue weighted by atomic mass is 16.5. The molecule has 0 bridgehead atoms. The van der Waals surface area contributed by atoms with Crippen molar-refractivity contribution in [2.45, 2.75) is 64.7 Å². The molecule has 204 valence electrons. The Kier molecular flexibility index (Phi) is 10.9. The van der Waals surface area contributed by atoms with E-state index in [1.54, 1.807) is 6.07 Å². The van der Waals surface area contributed by atoms with Crippen molar-refractivity contribution in [2.75, 3.05) is 20.3 Å². The Morgan fingerprint density at radius 1 is 0.895 bits per heavy atom. The SMILES string of the molecule is C=C(CO)C(=O)Oc1ccc(-c2ccc(OC(=O)C(=C)COC)c(C3CCC(CCC)CC3)c2)cc1CC. The van der Waals surface area contributed by atoms with E-state index in [1.807, 2.05) is 31.2 Å². The van der Waals surface area contributed by atoms with Crippen LogP contribution in [0.1, 0.15) is 69.4 Å². The Morgan fingerprint density at radius 2 is 1.50 bits per heavy atom. The van der Waals surface area contributed by atoms with E-state index in [0.29, 0.717) is 23.8 Å². The third-order valence-electron chi connectivity index (χ3n) is 7.26. The lowest BCUT2D eigenvalue weighted by Gasteiger charge is -2.30. The molecule has 38 heavy (non-hydrogen) atoms. The highest BCUT2D eigenvalue weighted by Gasteiger charge is 2.26. The molecular formula is C32H40O6. The first-order valence-electron chi connectivity index (χ1n) is 13.5. The summed E-state index contributed by atoms with van der Waals surface area (Å²) in [5.41, 5.74) is 4.16. The average Bonchev–Trinajstić information content (AvgIpc) is 2.93. The van der Waals surface area contributed by atoms with Gasteiger partial charge in [0.25, 0.3) is 0 Å². The van der Waals surface area contributed by atoms with E-state index in [4.69, 9.17) is 19.3 Å². The fourth-order valence-corrected chi connectivity index (χ4v) is 5.09. The normalized spacial score (nSPS) is 17.1. The quantitative estimate of drug-likeness (QED) is 0.194. The van der Waals surface area contributed by atoms with Crippen LogP contribution in [0.4, 0.5) is 0 Å². The van der Waals surface area contributed by atoms with Crippen LogP contribution in [0.15, 0.2) is 60.7 Å². The summed E-state index contributed by atoms with van der Waals surface area (Å²) >= 11 is 0. The van der Waals surface area contributed by atoms with Crippen molar-refractivity contribution in [3.63, 3.8) is 0 Å². The molecule has 1 aliphatic rings. The van der Waals surface area contributed by atoms with Crippen LogP contribution in [-0.2, 0) is 20.7 Å². The van der Waals surface area contributed by atoms with E-state index in [2.05, 4.69) is 26.1 Å². The molecular weight excluding hydrogens is 480 g/mol. The molecule has 0 aromatic heterocycles. The summed E-state index contributed by atoms with van der Waals surface area (Å²) in [4.78, 5) is 24.8. The van der Waals surface area contributed by atoms with Gasteiger partial charge in [0.1, 0.15) is 11.5 Å². The van der Waals surface area contributed by atoms with Crippen molar-refractivity contribution in [1.82, 2.24) is 0 Å². The summed E-state index contributed by atoms with van der Waals surface area (Å²) in [7, 11) is 1.52. The number of carbonyl (C=O) groups is 2. The van der Waals surface area contributed by atoms with Crippen molar-refractivity contribution in [3.05, 3.63) is 71.8 Å². The van der Waals surface area contributed by atoms with Gasteiger partial charge in [0.2, 0.25) is 0 Å². The average molecular weight is 521 g/mol. The smallest absolute Gasteiger partial charge is 0.341 e. The van der Waals surface area contributed by atoms with Crippen LogP contribution in [0.3, 0.4) is 0 Å². The fraction of sp³-hybridized carbons (Fsp3) is 0.438. The number of esters is 2. The second-order valence-corrected chi connectivity index (χ2v) is 10.0. The molecule has 1 fully saturated rings. The molecule has 0 unspecified atom stereocenters. The summed E-state index contributed by atoms with van der Waals surface area (Å²) in [6.45, 7) is 11.2. The van der Waals surface area contributed by atoms with Gasteiger partial charge in [-0.15, -0.1) is 0 Å². The van der Waals surface area contributed by atoms with Crippen molar-refractivity contribution < 1.29 is 28.9 Å². The van der Waals surface area contributed by atoms with Gasteiger partial charge >= 0.3 is 11.9 Å². The van der Waals surface area contributed by atoms with Gasteiger partial charge in [-0.3, -0.25) is 0 Å². The molecule has 0 heterocycles. The molecule has 2 aromatic rings. The molecule has 1 saturated carbocycles. The topological polar surface area (TPSA) is 82.1 Å². The lowest BCUT2D eigenvalue weighted by atomic mass is 9.76. The van der Waals surface area contributed by atoms with Crippen LogP contribution in [0.25, 0.3) is 11.1 Å². The fourth-order valence-electron chi connectivity index (χ4n) is 5.09. The molecule has 0 radical (unpaired) electrons. The second-order valence-electron chi connectivity index (χ2n) is 10.0. The summed E-state index contributed by atoms with van der Waals surface area (Å²) in [5.74, 6) is 0.959. The molecule has 1 N–H and O–H groups in total.